The SMILES string of the molecule is COc1cccc(N2C(=O)/C(=C/c3ccc4c(c3)CCCO4)S/C2=N\C(C)C)c1. The van der Waals surface area contributed by atoms with Crippen molar-refractivity contribution in [1.29, 1.82) is 0 Å². The van der Waals surface area contributed by atoms with Crippen molar-refractivity contribution < 1.29 is 14.3 Å². The summed E-state index contributed by atoms with van der Waals surface area (Å²) in [7, 11) is 1.62. The molecule has 2 aromatic carbocycles. The molecule has 2 aliphatic heterocycles. The Morgan fingerprint density at radius 2 is 2.10 bits per heavy atom. The molecule has 4 rings (SSSR count). The highest BCUT2D eigenvalue weighted by Gasteiger charge is 2.35. The van der Waals surface area contributed by atoms with Crippen molar-refractivity contribution in [3.63, 3.8) is 0 Å². The highest BCUT2D eigenvalue weighted by atomic mass is 32.2. The number of fused-ring (bicyclic) bond motifs is 1. The normalized spacial score (nSPS) is 19.0. The van der Waals surface area contributed by atoms with Crippen LogP contribution in [0.5, 0.6) is 11.5 Å². The highest BCUT2D eigenvalue weighted by Crippen LogP contribution is 2.38. The third kappa shape index (κ3) is 4.17. The minimum atomic E-state index is -0.0726. The van der Waals surface area contributed by atoms with E-state index in [1.807, 2.05) is 56.3 Å². The summed E-state index contributed by atoms with van der Waals surface area (Å²) in [5.41, 5.74) is 2.95. The van der Waals surface area contributed by atoms with Crippen LogP contribution in [0.3, 0.4) is 0 Å². The molecule has 0 spiro atoms. The summed E-state index contributed by atoms with van der Waals surface area (Å²) < 4.78 is 11.0. The minimum Gasteiger partial charge on any atom is -0.497 e. The molecule has 0 N–H and O–H groups in total. The Morgan fingerprint density at radius 3 is 2.90 bits per heavy atom. The number of rotatable bonds is 4. The average Bonchev–Trinajstić information content (AvgIpc) is 3.02. The van der Waals surface area contributed by atoms with Gasteiger partial charge in [-0.1, -0.05) is 12.1 Å². The fourth-order valence-corrected chi connectivity index (χ4v) is 4.49. The van der Waals surface area contributed by atoms with Gasteiger partial charge in [-0.15, -0.1) is 0 Å². The molecule has 0 aromatic heterocycles. The third-order valence-electron chi connectivity index (χ3n) is 4.72. The smallest absolute Gasteiger partial charge is 0.271 e. The van der Waals surface area contributed by atoms with E-state index in [1.54, 1.807) is 12.0 Å². The molecule has 0 atom stereocenters. The van der Waals surface area contributed by atoms with Crippen LogP contribution in [0.15, 0.2) is 52.4 Å². The predicted octanol–water partition coefficient (Wildman–Crippen LogP) is 4.91. The number of amides is 1. The minimum absolute atomic E-state index is 0.0726. The van der Waals surface area contributed by atoms with Gasteiger partial charge in [-0.2, -0.15) is 0 Å². The van der Waals surface area contributed by atoms with Gasteiger partial charge in [-0.3, -0.25) is 14.7 Å². The van der Waals surface area contributed by atoms with Crippen LogP contribution in [0.1, 0.15) is 31.4 Å². The second-order valence-electron chi connectivity index (χ2n) is 7.28. The van der Waals surface area contributed by atoms with Gasteiger partial charge in [0.25, 0.3) is 5.91 Å². The summed E-state index contributed by atoms with van der Waals surface area (Å²) in [4.78, 5) is 20.3. The van der Waals surface area contributed by atoms with E-state index < -0.39 is 0 Å². The molecule has 2 aliphatic rings. The van der Waals surface area contributed by atoms with E-state index in [1.165, 1.54) is 17.3 Å². The Labute approximate surface area is 175 Å². The first kappa shape index (κ1) is 19.6. The second kappa shape index (κ2) is 8.33. The molecule has 2 heterocycles. The number of carbonyl (C=O) groups is 1. The number of amidine groups is 1. The topological polar surface area (TPSA) is 51.1 Å². The first-order chi connectivity index (χ1) is 14.0. The molecule has 0 bridgehead atoms. The summed E-state index contributed by atoms with van der Waals surface area (Å²) in [5.74, 6) is 1.58. The van der Waals surface area contributed by atoms with E-state index in [4.69, 9.17) is 9.47 Å². The van der Waals surface area contributed by atoms with Gasteiger partial charge >= 0.3 is 0 Å². The van der Waals surface area contributed by atoms with Crippen molar-refractivity contribution in [2.45, 2.75) is 32.7 Å². The van der Waals surface area contributed by atoms with Crippen molar-refractivity contribution in [2.75, 3.05) is 18.6 Å². The van der Waals surface area contributed by atoms with Gasteiger partial charge in [0.15, 0.2) is 5.17 Å². The van der Waals surface area contributed by atoms with Gasteiger partial charge in [0, 0.05) is 12.1 Å². The average molecular weight is 409 g/mol. The molecule has 1 saturated heterocycles. The van der Waals surface area contributed by atoms with E-state index in [0.29, 0.717) is 15.8 Å². The summed E-state index contributed by atoms with van der Waals surface area (Å²) >= 11 is 1.41. The van der Waals surface area contributed by atoms with Crippen LogP contribution in [-0.4, -0.2) is 30.8 Å². The summed E-state index contributed by atoms with van der Waals surface area (Å²) in [6.45, 7) is 4.78. The highest BCUT2D eigenvalue weighted by molar-refractivity contribution is 8.19. The van der Waals surface area contributed by atoms with Crippen LogP contribution in [-0.2, 0) is 11.2 Å². The quantitative estimate of drug-likeness (QED) is 0.675. The van der Waals surface area contributed by atoms with Gasteiger partial charge in [0.05, 0.1) is 24.3 Å². The monoisotopic (exact) mass is 408 g/mol. The lowest BCUT2D eigenvalue weighted by molar-refractivity contribution is -0.113. The number of aryl methyl sites for hydroxylation is 1. The number of benzene rings is 2. The first-order valence-corrected chi connectivity index (χ1v) is 10.6. The van der Waals surface area contributed by atoms with Crippen molar-refractivity contribution >= 4 is 34.6 Å². The molecule has 1 amide bonds. The van der Waals surface area contributed by atoms with Gasteiger partial charge in [-0.25, -0.2) is 0 Å². The summed E-state index contributed by atoms with van der Waals surface area (Å²) in [6, 6.07) is 13.7. The Balaban J connectivity index is 1.70. The maximum absolute atomic E-state index is 13.3. The fourth-order valence-electron chi connectivity index (χ4n) is 3.38. The molecule has 0 saturated carbocycles. The van der Waals surface area contributed by atoms with Crippen LogP contribution < -0.4 is 14.4 Å². The van der Waals surface area contributed by atoms with Gasteiger partial charge < -0.3 is 9.47 Å². The lowest BCUT2D eigenvalue weighted by Crippen LogP contribution is -2.29. The largest absolute Gasteiger partial charge is 0.497 e. The first-order valence-electron chi connectivity index (χ1n) is 9.77. The van der Waals surface area contributed by atoms with Crippen molar-refractivity contribution in [1.82, 2.24) is 0 Å². The van der Waals surface area contributed by atoms with E-state index >= 15 is 0 Å². The van der Waals surface area contributed by atoms with Crippen LogP contribution in [0.25, 0.3) is 6.08 Å². The number of anilines is 1. The number of hydrogen-bond donors (Lipinski definition) is 0. The van der Waals surface area contributed by atoms with E-state index in [9.17, 15) is 4.79 Å². The van der Waals surface area contributed by atoms with Gasteiger partial charge in [-0.05, 0) is 79.9 Å². The summed E-state index contributed by atoms with van der Waals surface area (Å²) in [6.07, 6.45) is 3.97. The number of aliphatic imine (C=N–C) groups is 1. The number of hydrogen-bond acceptors (Lipinski definition) is 5. The van der Waals surface area contributed by atoms with E-state index in [-0.39, 0.29) is 11.9 Å². The zero-order valence-electron chi connectivity index (χ0n) is 16.8. The fraction of sp³-hybridized carbons (Fsp3) is 0.304. The predicted molar refractivity (Wildman–Crippen MR) is 119 cm³/mol. The molecule has 0 unspecified atom stereocenters. The van der Waals surface area contributed by atoms with Crippen LogP contribution in [0.4, 0.5) is 5.69 Å². The number of ether oxygens (including phenoxy) is 2. The molecular formula is C23H24N2O3S. The molecule has 29 heavy (non-hydrogen) atoms. The molecule has 0 aliphatic carbocycles. The number of thioether (sulfide) groups is 1. The van der Waals surface area contributed by atoms with Crippen molar-refractivity contribution in [2.24, 2.45) is 4.99 Å². The second-order valence-corrected chi connectivity index (χ2v) is 8.29. The van der Waals surface area contributed by atoms with Crippen molar-refractivity contribution in [3.8, 4) is 11.5 Å². The molecule has 6 heteroatoms. The van der Waals surface area contributed by atoms with E-state index in [0.717, 1.165) is 36.4 Å². The van der Waals surface area contributed by atoms with Crippen LogP contribution in [0.2, 0.25) is 0 Å². The number of methoxy groups -OCH3 is 1. The molecule has 5 nitrogen and oxygen atoms in total. The Hall–Kier alpha value is -2.73. The van der Waals surface area contributed by atoms with E-state index in [2.05, 4.69) is 11.1 Å². The zero-order valence-corrected chi connectivity index (χ0v) is 17.7. The van der Waals surface area contributed by atoms with Crippen LogP contribution in [0, 0.1) is 0 Å². The lowest BCUT2D eigenvalue weighted by atomic mass is 10.0. The maximum atomic E-state index is 13.3. The summed E-state index contributed by atoms with van der Waals surface area (Å²) in [5, 5.41) is 0.686. The third-order valence-corrected chi connectivity index (χ3v) is 5.70. The standard InChI is InChI=1S/C23H24N2O3S/c1-15(2)24-23-25(18-7-4-8-19(14-18)27-3)22(26)21(29-23)13-16-9-10-20-17(12-16)6-5-11-28-20/h4,7-10,12-15H,5-6,11H2,1-3H3/b21-13-,24-23-. The molecule has 2 aromatic rings. The van der Waals surface area contributed by atoms with Crippen molar-refractivity contribution in [3.05, 3.63) is 58.5 Å². The zero-order chi connectivity index (χ0) is 20.4. The molecule has 150 valence electrons. The number of nitrogens with zero attached hydrogens (tertiary/aromatic N) is 2. The number of carbonyl (C=O) groups excluding carboxylic acids is 1. The molecule has 1 fully saturated rings. The molecule has 0 radical (unpaired) electrons. The maximum Gasteiger partial charge on any atom is 0.271 e. The Bertz CT molecular complexity index is 997. The molecular weight excluding hydrogens is 384 g/mol. The lowest BCUT2D eigenvalue weighted by Gasteiger charge is -2.17. The van der Waals surface area contributed by atoms with Crippen LogP contribution >= 0.6 is 11.8 Å². The Morgan fingerprint density at radius 1 is 1.24 bits per heavy atom. The Kier molecular flexibility index (Phi) is 5.62. The van der Waals surface area contributed by atoms with Gasteiger partial charge in [0.2, 0.25) is 0 Å². The van der Waals surface area contributed by atoms with Gasteiger partial charge in [0.1, 0.15) is 11.5 Å².